The van der Waals surface area contributed by atoms with E-state index in [0.717, 1.165) is 47.8 Å². The second-order valence-corrected chi connectivity index (χ2v) is 6.69. The van der Waals surface area contributed by atoms with Crippen LogP contribution in [0.1, 0.15) is 52.7 Å². The second kappa shape index (κ2) is 6.75. The molecule has 0 spiro atoms. The Labute approximate surface area is 130 Å². The number of hydrogen-bond acceptors (Lipinski definition) is 1. The lowest BCUT2D eigenvalue weighted by molar-refractivity contribution is 0.0579. The molecule has 1 aromatic rings. The molecule has 0 unspecified atom stereocenters. The Morgan fingerprint density at radius 3 is 2.30 bits per heavy atom. The molecule has 110 valence electrons. The van der Waals surface area contributed by atoms with Crippen molar-refractivity contribution < 1.29 is 4.79 Å². The maximum absolute atomic E-state index is 12.9. The number of benzene rings is 1. The molecule has 1 fully saturated rings. The maximum Gasteiger partial charge on any atom is 0.254 e. The van der Waals surface area contributed by atoms with Gasteiger partial charge in [0.1, 0.15) is 0 Å². The lowest BCUT2D eigenvalue weighted by Crippen LogP contribution is -2.45. The average molecular weight is 338 g/mol. The highest BCUT2D eigenvalue weighted by molar-refractivity contribution is 9.09. The Bertz CT molecular complexity index is 471. The van der Waals surface area contributed by atoms with Crippen molar-refractivity contribution in [1.29, 1.82) is 0 Å². The SMILES string of the molecule is Cc1cc(C)c(C(=O)N(CCCBr)C2CCC2)c(C)c1. The molecule has 3 heteroatoms. The van der Waals surface area contributed by atoms with Gasteiger partial charge in [0.15, 0.2) is 0 Å². The summed E-state index contributed by atoms with van der Waals surface area (Å²) >= 11 is 3.47. The van der Waals surface area contributed by atoms with Crippen LogP contribution in [0.4, 0.5) is 0 Å². The predicted octanol–water partition coefficient (Wildman–Crippen LogP) is 4.39. The maximum atomic E-state index is 12.9. The molecule has 2 rings (SSSR count). The summed E-state index contributed by atoms with van der Waals surface area (Å²) in [7, 11) is 0. The fraction of sp³-hybridized carbons (Fsp3) is 0.588. The summed E-state index contributed by atoms with van der Waals surface area (Å²) in [6, 6.07) is 4.69. The number of aryl methyl sites for hydroxylation is 3. The van der Waals surface area contributed by atoms with Crippen molar-refractivity contribution in [2.24, 2.45) is 0 Å². The zero-order valence-corrected chi connectivity index (χ0v) is 14.3. The molecular weight excluding hydrogens is 314 g/mol. The molecule has 0 bridgehead atoms. The summed E-state index contributed by atoms with van der Waals surface area (Å²) in [5, 5.41) is 0.954. The van der Waals surface area contributed by atoms with Gasteiger partial charge in [-0.15, -0.1) is 0 Å². The summed E-state index contributed by atoms with van der Waals surface area (Å²) in [5.74, 6) is 0.227. The number of amides is 1. The van der Waals surface area contributed by atoms with Crippen LogP contribution in [-0.4, -0.2) is 28.7 Å². The molecular formula is C17H24BrNO. The van der Waals surface area contributed by atoms with Crippen LogP contribution < -0.4 is 0 Å². The van der Waals surface area contributed by atoms with Gasteiger partial charge in [0, 0.05) is 23.5 Å². The lowest BCUT2D eigenvalue weighted by Gasteiger charge is -2.38. The van der Waals surface area contributed by atoms with Crippen LogP contribution in [0.25, 0.3) is 0 Å². The molecule has 0 aliphatic heterocycles. The minimum absolute atomic E-state index is 0.227. The number of nitrogens with zero attached hydrogens (tertiary/aromatic N) is 1. The van der Waals surface area contributed by atoms with Crippen molar-refractivity contribution in [3.05, 3.63) is 34.4 Å². The normalized spacial score (nSPS) is 15.0. The third-order valence-corrected chi connectivity index (χ3v) is 4.76. The first-order chi connectivity index (χ1) is 9.54. The quantitative estimate of drug-likeness (QED) is 0.729. The van der Waals surface area contributed by atoms with Crippen molar-refractivity contribution >= 4 is 21.8 Å². The highest BCUT2D eigenvalue weighted by Gasteiger charge is 2.30. The molecule has 1 aliphatic carbocycles. The average Bonchev–Trinajstić information content (AvgIpc) is 2.30. The molecule has 20 heavy (non-hydrogen) atoms. The molecule has 2 nitrogen and oxygen atoms in total. The van der Waals surface area contributed by atoms with Gasteiger partial charge >= 0.3 is 0 Å². The van der Waals surface area contributed by atoms with Gasteiger partial charge in [-0.2, -0.15) is 0 Å². The highest BCUT2D eigenvalue weighted by atomic mass is 79.9. The predicted molar refractivity (Wildman–Crippen MR) is 87.7 cm³/mol. The third-order valence-electron chi connectivity index (χ3n) is 4.20. The monoisotopic (exact) mass is 337 g/mol. The Hall–Kier alpha value is -0.830. The van der Waals surface area contributed by atoms with Crippen LogP contribution in [0.2, 0.25) is 0 Å². The topological polar surface area (TPSA) is 20.3 Å². The van der Waals surface area contributed by atoms with E-state index in [4.69, 9.17) is 0 Å². The van der Waals surface area contributed by atoms with Crippen LogP contribution in [0, 0.1) is 20.8 Å². The van der Waals surface area contributed by atoms with Gasteiger partial charge in [-0.05, 0) is 57.6 Å². The van der Waals surface area contributed by atoms with E-state index >= 15 is 0 Å². The summed E-state index contributed by atoms with van der Waals surface area (Å²) < 4.78 is 0. The lowest BCUT2D eigenvalue weighted by atomic mass is 9.89. The number of alkyl halides is 1. The van der Waals surface area contributed by atoms with Gasteiger partial charge in [-0.3, -0.25) is 4.79 Å². The highest BCUT2D eigenvalue weighted by Crippen LogP contribution is 2.28. The molecule has 0 radical (unpaired) electrons. The van der Waals surface area contributed by atoms with Gasteiger partial charge in [0.05, 0.1) is 0 Å². The largest absolute Gasteiger partial charge is 0.336 e. The molecule has 1 aromatic carbocycles. The van der Waals surface area contributed by atoms with Crippen molar-refractivity contribution in [2.45, 2.75) is 52.5 Å². The van der Waals surface area contributed by atoms with E-state index in [0.29, 0.717) is 6.04 Å². The van der Waals surface area contributed by atoms with Gasteiger partial charge in [0.2, 0.25) is 0 Å². The first kappa shape index (κ1) is 15.6. The summed E-state index contributed by atoms with van der Waals surface area (Å²) in [6.45, 7) is 7.05. The van der Waals surface area contributed by atoms with Crippen LogP contribution in [0.3, 0.4) is 0 Å². The Morgan fingerprint density at radius 1 is 1.25 bits per heavy atom. The van der Waals surface area contributed by atoms with Crippen molar-refractivity contribution in [3.63, 3.8) is 0 Å². The van der Waals surface area contributed by atoms with E-state index in [-0.39, 0.29) is 5.91 Å². The zero-order valence-electron chi connectivity index (χ0n) is 12.7. The van der Waals surface area contributed by atoms with Gasteiger partial charge < -0.3 is 4.90 Å². The summed E-state index contributed by atoms with van der Waals surface area (Å²) in [4.78, 5) is 15.1. The fourth-order valence-electron chi connectivity index (χ4n) is 3.04. The van der Waals surface area contributed by atoms with E-state index in [9.17, 15) is 4.79 Å². The molecule has 1 aliphatic rings. The number of halogens is 1. The second-order valence-electron chi connectivity index (χ2n) is 5.90. The minimum Gasteiger partial charge on any atom is -0.336 e. The summed E-state index contributed by atoms with van der Waals surface area (Å²) in [6.07, 6.45) is 4.61. The molecule has 0 N–H and O–H groups in total. The standard InChI is InChI=1S/C17H24BrNO/c1-12-10-13(2)16(14(3)11-12)17(20)19(9-5-8-18)15-6-4-7-15/h10-11,15H,4-9H2,1-3H3. The van der Waals surface area contributed by atoms with Crippen molar-refractivity contribution in [2.75, 3.05) is 11.9 Å². The molecule has 0 saturated heterocycles. The van der Waals surface area contributed by atoms with Crippen LogP contribution >= 0.6 is 15.9 Å². The Morgan fingerprint density at radius 2 is 1.85 bits per heavy atom. The molecule has 0 heterocycles. The smallest absolute Gasteiger partial charge is 0.254 e. The fourth-order valence-corrected chi connectivity index (χ4v) is 3.29. The molecule has 0 atom stereocenters. The van der Waals surface area contributed by atoms with Gasteiger partial charge in [-0.1, -0.05) is 33.6 Å². The minimum atomic E-state index is 0.227. The van der Waals surface area contributed by atoms with Crippen LogP contribution in [-0.2, 0) is 0 Å². The van der Waals surface area contributed by atoms with Gasteiger partial charge in [-0.25, -0.2) is 0 Å². The zero-order chi connectivity index (χ0) is 14.7. The number of carbonyl (C=O) groups excluding carboxylic acids is 1. The summed E-state index contributed by atoms with van der Waals surface area (Å²) in [5.41, 5.74) is 4.36. The molecule has 1 amide bonds. The van der Waals surface area contributed by atoms with Gasteiger partial charge in [0.25, 0.3) is 5.91 Å². The van der Waals surface area contributed by atoms with E-state index in [2.05, 4.69) is 53.7 Å². The Kier molecular flexibility index (Phi) is 5.25. The van der Waals surface area contributed by atoms with Crippen molar-refractivity contribution in [3.8, 4) is 0 Å². The van der Waals surface area contributed by atoms with E-state index in [1.54, 1.807) is 0 Å². The third kappa shape index (κ3) is 3.25. The Balaban J connectivity index is 2.26. The van der Waals surface area contributed by atoms with E-state index in [1.807, 2.05) is 0 Å². The van der Waals surface area contributed by atoms with Crippen molar-refractivity contribution in [1.82, 2.24) is 4.90 Å². The van der Waals surface area contributed by atoms with E-state index in [1.165, 1.54) is 12.0 Å². The van der Waals surface area contributed by atoms with E-state index < -0.39 is 0 Å². The number of carbonyl (C=O) groups is 1. The molecule has 0 aromatic heterocycles. The number of rotatable bonds is 5. The first-order valence-electron chi connectivity index (χ1n) is 7.49. The van der Waals surface area contributed by atoms with Crippen LogP contribution in [0.5, 0.6) is 0 Å². The first-order valence-corrected chi connectivity index (χ1v) is 8.61. The van der Waals surface area contributed by atoms with Crippen LogP contribution in [0.15, 0.2) is 12.1 Å². The molecule has 1 saturated carbocycles. The number of hydrogen-bond donors (Lipinski definition) is 0.